The average molecular weight is 617 g/mol. The first-order valence-corrected chi connectivity index (χ1v) is 16.3. The van der Waals surface area contributed by atoms with E-state index in [1.54, 1.807) is 6.08 Å². The molecular weight excluding hydrogens is 568 g/mol. The van der Waals surface area contributed by atoms with Crippen molar-refractivity contribution in [2.75, 3.05) is 19.8 Å². The van der Waals surface area contributed by atoms with Crippen molar-refractivity contribution in [3.8, 4) is 0 Å². The summed E-state index contributed by atoms with van der Waals surface area (Å²) in [4.78, 5) is 26.5. The molecule has 0 aromatic carbocycles. The number of fused-ring (bicyclic) bond motifs is 5. The van der Waals surface area contributed by atoms with E-state index in [4.69, 9.17) is 14.2 Å². The molecule has 2 aliphatic heterocycles. The normalized spacial score (nSPS) is 46.1. The van der Waals surface area contributed by atoms with Crippen molar-refractivity contribution >= 4 is 11.8 Å². The number of esters is 1. The SMILES string of the molecule is CC1=C(CO[C@@H]2O[C@H](CO)[C@@H](O)[C@H](O)[C@H]2O)C(=O)O[C@@H]([C@@H](CO)[C@H]2CC[C@@H]3[C@@H]4CC=C5CC=CC(=O)[C@]5(C)[C@H]4CC[C@]23C)C1. The molecule has 0 aromatic rings. The summed E-state index contributed by atoms with van der Waals surface area (Å²) in [5.74, 6) is 0.823. The number of ether oxygens (including phenoxy) is 3. The smallest absolute Gasteiger partial charge is 0.336 e. The molecule has 6 rings (SSSR count). The summed E-state index contributed by atoms with van der Waals surface area (Å²) in [5.41, 5.74) is 1.89. The monoisotopic (exact) mass is 616 g/mol. The van der Waals surface area contributed by atoms with E-state index >= 15 is 0 Å². The van der Waals surface area contributed by atoms with Crippen LogP contribution in [0.3, 0.4) is 0 Å². The van der Waals surface area contributed by atoms with Crippen LogP contribution in [-0.2, 0) is 23.8 Å². The van der Waals surface area contributed by atoms with Gasteiger partial charge in [0, 0.05) is 18.9 Å². The summed E-state index contributed by atoms with van der Waals surface area (Å²) in [6, 6.07) is 0. The van der Waals surface area contributed by atoms with Crippen LogP contribution in [0, 0.1) is 40.4 Å². The van der Waals surface area contributed by atoms with Crippen molar-refractivity contribution < 1.29 is 49.3 Å². The van der Waals surface area contributed by atoms with Gasteiger partial charge in [0.15, 0.2) is 12.1 Å². The first kappa shape index (κ1) is 32.0. The van der Waals surface area contributed by atoms with Gasteiger partial charge in [-0.3, -0.25) is 4.79 Å². The fourth-order valence-corrected chi connectivity index (χ4v) is 10.1. The molecule has 13 atom stereocenters. The minimum Gasteiger partial charge on any atom is -0.458 e. The van der Waals surface area contributed by atoms with Gasteiger partial charge in [0.25, 0.3) is 0 Å². The molecule has 0 amide bonds. The lowest BCUT2D eigenvalue weighted by molar-refractivity contribution is -0.299. The number of hydrogen-bond donors (Lipinski definition) is 5. The van der Waals surface area contributed by atoms with Crippen LogP contribution in [0.4, 0.5) is 0 Å². The Labute approximate surface area is 258 Å². The summed E-state index contributed by atoms with van der Waals surface area (Å²) in [7, 11) is 0. The Hall–Kier alpha value is -1.92. The van der Waals surface area contributed by atoms with Gasteiger partial charge in [-0.15, -0.1) is 0 Å². The minimum absolute atomic E-state index is 0.0274. The Balaban J connectivity index is 1.15. The Morgan fingerprint density at radius 2 is 1.82 bits per heavy atom. The van der Waals surface area contributed by atoms with Crippen LogP contribution < -0.4 is 0 Å². The Bertz CT molecular complexity index is 1240. The predicted octanol–water partition coefficient (Wildman–Crippen LogP) is 1.97. The second-order valence-corrected chi connectivity index (χ2v) is 14.5. The van der Waals surface area contributed by atoms with E-state index in [9.17, 15) is 35.1 Å². The lowest BCUT2D eigenvalue weighted by Gasteiger charge is -2.57. The molecule has 3 fully saturated rings. The fourth-order valence-electron chi connectivity index (χ4n) is 10.1. The van der Waals surface area contributed by atoms with Crippen LogP contribution in [0.1, 0.15) is 65.7 Å². The predicted molar refractivity (Wildman–Crippen MR) is 158 cm³/mol. The number of allylic oxidation sites excluding steroid dienone is 4. The van der Waals surface area contributed by atoms with Crippen molar-refractivity contribution in [1.29, 1.82) is 0 Å². The lowest BCUT2D eigenvalue weighted by Crippen LogP contribution is -2.59. The zero-order valence-electron chi connectivity index (χ0n) is 25.9. The number of rotatable bonds is 7. The Kier molecular flexibility index (Phi) is 8.76. The maximum Gasteiger partial charge on any atom is 0.336 e. The van der Waals surface area contributed by atoms with E-state index in [1.807, 2.05) is 13.0 Å². The van der Waals surface area contributed by atoms with Crippen molar-refractivity contribution in [3.05, 3.63) is 34.9 Å². The van der Waals surface area contributed by atoms with Gasteiger partial charge in [0.05, 0.1) is 24.2 Å². The Morgan fingerprint density at radius 1 is 1.05 bits per heavy atom. The van der Waals surface area contributed by atoms with Crippen LogP contribution in [-0.4, -0.2) is 93.9 Å². The van der Waals surface area contributed by atoms with Crippen molar-refractivity contribution in [3.63, 3.8) is 0 Å². The second-order valence-electron chi connectivity index (χ2n) is 14.5. The molecule has 2 saturated carbocycles. The summed E-state index contributed by atoms with van der Waals surface area (Å²) >= 11 is 0. The van der Waals surface area contributed by atoms with Crippen LogP contribution in [0.15, 0.2) is 34.9 Å². The van der Waals surface area contributed by atoms with Gasteiger partial charge < -0.3 is 39.7 Å². The molecule has 0 aromatic heterocycles. The lowest BCUT2D eigenvalue weighted by atomic mass is 9.47. The highest BCUT2D eigenvalue weighted by molar-refractivity contribution is 5.98. The van der Waals surface area contributed by atoms with Gasteiger partial charge in [0.1, 0.15) is 30.5 Å². The number of aliphatic hydroxyl groups is 5. The van der Waals surface area contributed by atoms with E-state index < -0.39 is 54.8 Å². The summed E-state index contributed by atoms with van der Waals surface area (Å²) in [6.07, 6.45) is 4.76. The van der Waals surface area contributed by atoms with E-state index in [2.05, 4.69) is 19.9 Å². The molecule has 1 saturated heterocycles. The number of aliphatic hydroxyl groups excluding tert-OH is 5. The first-order valence-electron chi connectivity index (χ1n) is 16.3. The third-order valence-electron chi connectivity index (χ3n) is 12.6. The maximum atomic E-state index is 13.3. The minimum atomic E-state index is -1.57. The van der Waals surface area contributed by atoms with Gasteiger partial charge in [-0.2, -0.15) is 0 Å². The van der Waals surface area contributed by atoms with E-state index in [1.165, 1.54) is 5.57 Å². The van der Waals surface area contributed by atoms with Crippen molar-refractivity contribution in [2.24, 2.45) is 40.4 Å². The second kappa shape index (κ2) is 12.0. The number of hydrogen-bond acceptors (Lipinski definition) is 10. The zero-order chi connectivity index (χ0) is 31.6. The van der Waals surface area contributed by atoms with Crippen LogP contribution in [0.2, 0.25) is 0 Å². The maximum absolute atomic E-state index is 13.3. The van der Waals surface area contributed by atoms with E-state index in [0.29, 0.717) is 24.2 Å². The molecule has 244 valence electrons. The highest BCUT2D eigenvalue weighted by atomic mass is 16.7. The fraction of sp³-hybridized carbons (Fsp3) is 0.765. The summed E-state index contributed by atoms with van der Waals surface area (Å²) in [5, 5.41) is 50.6. The van der Waals surface area contributed by atoms with Crippen LogP contribution in [0.5, 0.6) is 0 Å². The van der Waals surface area contributed by atoms with Crippen LogP contribution >= 0.6 is 0 Å². The molecule has 0 unspecified atom stereocenters. The summed E-state index contributed by atoms with van der Waals surface area (Å²) in [6.45, 7) is 5.44. The van der Waals surface area contributed by atoms with Gasteiger partial charge in [-0.05, 0) is 87.5 Å². The molecule has 6 aliphatic rings. The van der Waals surface area contributed by atoms with Crippen molar-refractivity contribution in [2.45, 2.75) is 103 Å². The van der Waals surface area contributed by atoms with Gasteiger partial charge in [-0.25, -0.2) is 4.79 Å². The molecule has 4 aliphatic carbocycles. The molecule has 5 N–H and O–H groups in total. The van der Waals surface area contributed by atoms with Crippen molar-refractivity contribution in [1.82, 2.24) is 0 Å². The third kappa shape index (κ3) is 4.96. The molecular formula is C34H48O10. The quantitative estimate of drug-likeness (QED) is 0.211. The number of carbonyl (C=O) groups excluding carboxylic acids is 2. The first-order chi connectivity index (χ1) is 20.9. The highest BCUT2D eigenvalue weighted by Gasteiger charge is 2.61. The molecule has 0 radical (unpaired) electrons. The molecule has 44 heavy (non-hydrogen) atoms. The Morgan fingerprint density at radius 3 is 2.52 bits per heavy atom. The largest absolute Gasteiger partial charge is 0.458 e. The van der Waals surface area contributed by atoms with E-state index in [0.717, 1.165) is 44.1 Å². The van der Waals surface area contributed by atoms with Gasteiger partial charge in [0.2, 0.25) is 0 Å². The third-order valence-corrected chi connectivity index (χ3v) is 12.6. The number of ketones is 1. The number of cyclic esters (lactones) is 1. The molecule has 0 bridgehead atoms. The topological polar surface area (TPSA) is 163 Å². The average Bonchev–Trinajstić information content (AvgIpc) is 3.34. The molecule has 10 heteroatoms. The summed E-state index contributed by atoms with van der Waals surface area (Å²) < 4.78 is 17.0. The highest BCUT2D eigenvalue weighted by Crippen LogP contribution is 2.66. The number of carbonyl (C=O) groups is 2. The zero-order valence-corrected chi connectivity index (χ0v) is 25.9. The van der Waals surface area contributed by atoms with Gasteiger partial charge >= 0.3 is 5.97 Å². The van der Waals surface area contributed by atoms with Crippen LogP contribution in [0.25, 0.3) is 0 Å². The molecule has 0 spiro atoms. The molecule has 2 heterocycles. The molecule has 10 nitrogen and oxygen atoms in total. The van der Waals surface area contributed by atoms with E-state index in [-0.39, 0.29) is 41.8 Å². The van der Waals surface area contributed by atoms with Gasteiger partial charge in [-0.1, -0.05) is 30.2 Å². The standard InChI is InChI=1S/C34H48O10/c1-17-13-25(43-31(41)21(17)16-42-32-30(40)29(39)28(38)26(15-36)44-32)20(14-35)23-10-9-22-19-8-7-18-5-4-6-27(37)34(18,3)24(19)11-12-33(22,23)2/h4,6-7,19-20,22-26,28-30,32,35-36,38-40H,5,8-16H2,1-3H3/t19-,20-,22+,23+,24-,25+,26+,28+,29-,30+,32+,33-,34-/m0/s1.